The lowest BCUT2D eigenvalue weighted by atomic mass is 10.1. The highest BCUT2D eigenvalue weighted by Crippen LogP contribution is 2.25. The van der Waals surface area contributed by atoms with Crippen molar-refractivity contribution in [2.45, 2.75) is 58.0 Å². The monoisotopic (exact) mass is 332 g/mol. The Morgan fingerprint density at radius 1 is 1.29 bits per heavy atom. The number of halogens is 1. The van der Waals surface area contributed by atoms with Crippen molar-refractivity contribution in [3.05, 3.63) is 28.3 Å². The Balaban J connectivity index is 3.13. The Bertz CT molecular complexity index is 573. The van der Waals surface area contributed by atoms with Gasteiger partial charge in [0, 0.05) is 17.6 Å². The van der Waals surface area contributed by atoms with Crippen LogP contribution < -0.4 is 10.0 Å². The van der Waals surface area contributed by atoms with E-state index in [0.717, 1.165) is 30.5 Å². The molecule has 1 aromatic rings. The topological polar surface area (TPSA) is 58.2 Å². The van der Waals surface area contributed by atoms with E-state index in [2.05, 4.69) is 10.0 Å². The van der Waals surface area contributed by atoms with E-state index < -0.39 is 10.0 Å². The molecule has 0 amide bonds. The molecule has 0 saturated heterocycles. The van der Waals surface area contributed by atoms with Crippen molar-refractivity contribution in [3.63, 3.8) is 0 Å². The summed E-state index contributed by atoms with van der Waals surface area (Å²) in [4.78, 5) is 0.269. The van der Waals surface area contributed by atoms with E-state index in [0.29, 0.717) is 11.6 Å². The summed E-state index contributed by atoms with van der Waals surface area (Å²) in [6, 6.07) is 3.25. The van der Waals surface area contributed by atoms with Crippen molar-refractivity contribution in [1.82, 2.24) is 10.0 Å². The molecule has 1 unspecified atom stereocenters. The Morgan fingerprint density at radius 3 is 2.52 bits per heavy atom. The quantitative estimate of drug-likeness (QED) is 0.768. The van der Waals surface area contributed by atoms with Crippen LogP contribution in [0.3, 0.4) is 0 Å². The second-order valence-electron chi connectivity index (χ2n) is 5.28. The van der Waals surface area contributed by atoms with Crippen molar-refractivity contribution in [2.75, 3.05) is 6.54 Å². The van der Waals surface area contributed by atoms with Crippen LogP contribution in [0, 0.1) is 6.92 Å². The highest BCUT2D eigenvalue weighted by atomic mass is 35.5. The Labute approximate surface area is 133 Å². The third-order valence-electron chi connectivity index (χ3n) is 3.37. The molecule has 1 rings (SSSR count). The Morgan fingerprint density at radius 2 is 1.95 bits per heavy atom. The molecule has 120 valence electrons. The molecule has 6 heteroatoms. The molecule has 0 bridgehead atoms. The van der Waals surface area contributed by atoms with Gasteiger partial charge in [0.05, 0.1) is 4.90 Å². The van der Waals surface area contributed by atoms with Gasteiger partial charge in [0.1, 0.15) is 0 Å². The van der Waals surface area contributed by atoms with Crippen LogP contribution in [-0.2, 0) is 16.6 Å². The molecule has 4 nitrogen and oxygen atoms in total. The maximum absolute atomic E-state index is 12.5. The molecule has 0 spiro atoms. The van der Waals surface area contributed by atoms with Crippen molar-refractivity contribution in [3.8, 4) is 0 Å². The van der Waals surface area contributed by atoms with Gasteiger partial charge in [0.2, 0.25) is 10.0 Å². The van der Waals surface area contributed by atoms with E-state index in [1.54, 1.807) is 0 Å². The highest BCUT2D eigenvalue weighted by molar-refractivity contribution is 7.89. The molecular weight excluding hydrogens is 308 g/mol. The van der Waals surface area contributed by atoms with Crippen molar-refractivity contribution >= 4 is 21.6 Å². The summed E-state index contributed by atoms with van der Waals surface area (Å²) in [7, 11) is -3.54. The predicted octanol–water partition coefficient (Wildman–Crippen LogP) is 3.22. The summed E-state index contributed by atoms with van der Waals surface area (Å²) in [5.74, 6) is 0. The van der Waals surface area contributed by atoms with Crippen LogP contribution in [0.5, 0.6) is 0 Å². The first-order valence-corrected chi connectivity index (χ1v) is 9.20. The maximum atomic E-state index is 12.5. The molecule has 0 radical (unpaired) electrons. The third-order valence-corrected chi connectivity index (χ3v) is 5.30. The first-order chi connectivity index (χ1) is 9.81. The summed E-state index contributed by atoms with van der Waals surface area (Å²) in [6.45, 7) is 9.16. The molecule has 1 atom stereocenters. The van der Waals surface area contributed by atoms with E-state index in [9.17, 15) is 8.42 Å². The largest absolute Gasteiger partial charge is 0.313 e. The van der Waals surface area contributed by atoms with Crippen molar-refractivity contribution < 1.29 is 8.42 Å². The summed E-state index contributed by atoms with van der Waals surface area (Å²) in [6.07, 6.45) is 1.74. The van der Waals surface area contributed by atoms with Crippen LogP contribution in [0.1, 0.15) is 44.7 Å². The van der Waals surface area contributed by atoms with Gasteiger partial charge in [-0.25, -0.2) is 13.1 Å². The number of rotatable bonds is 8. The van der Waals surface area contributed by atoms with Gasteiger partial charge in [-0.15, -0.1) is 0 Å². The summed E-state index contributed by atoms with van der Waals surface area (Å²) < 4.78 is 27.8. The van der Waals surface area contributed by atoms with Gasteiger partial charge in [0.15, 0.2) is 0 Å². The molecule has 0 aromatic heterocycles. The second-order valence-corrected chi connectivity index (χ2v) is 7.40. The predicted molar refractivity (Wildman–Crippen MR) is 88.3 cm³/mol. The van der Waals surface area contributed by atoms with Crippen LogP contribution >= 0.6 is 11.6 Å². The van der Waals surface area contributed by atoms with Crippen LogP contribution in [0.2, 0.25) is 5.02 Å². The molecule has 1 aromatic carbocycles. The average Bonchev–Trinajstić information content (AvgIpc) is 2.38. The number of sulfonamides is 1. The van der Waals surface area contributed by atoms with Crippen molar-refractivity contribution in [2.24, 2.45) is 0 Å². The van der Waals surface area contributed by atoms with Crippen LogP contribution in [0.25, 0.3) is 0 Å². The lowest BCUT2D eigenvalue weighted by Crippen LogP contribution is -2.33. The number of hydrogen-bond donors (Lipinski definition) is 2. The highest BCUT2D eigenvalue weighted by Gasteiger charge is 2.21. The normalized spacial score (nSPS) is 13.4. The Kier molecular flexibility index (Phi) is 7.13. The first kappa shape index (κ1) is 18.4. The van der Waals surface area contributed by atoms with Gasteiger partial charge in [-0.05, 0) is 50.1 Å². The molecule has 0 saturated carbocycles. The Hall–Kier alpha value is -0.620. The van der Waals surface area contributed by atoms with Crippen LogP contribution in [0.4, 0.5) is 0 Å². The van der Waals surface area contributed by atoms with Gasteiger partial charge in [-0.3, -0.25) is 0 Å². The van der Waals surface area contributed by atoms with Gasteiger partial charge in [-0.1, -0.05) is 31.9 Å². The van der Waals surface area contributed by atoms with Gasteiger partial charge in [0.25, 0.3) is 0 Å². The zero-order chi connectivity index (χ0) is 16.0. The SMILES string of the molecule is CCCC(C)NS(=O)(=O)c1cc(Cl)cc(CNCC)c1C. The lowest BCUT2D eigenvalue weighted by Gasteiger charge is -2.17. The first-order valence-electron chi connectivity index (χ1n) is 7.33. The van der Waals surface area contributed by atoms with E-state index in [1.807, 2.05) is 33.8 Å². The minimum atomic E-state index is -3.54. The fourth-order valence-corrected chi connectivity index (χ4v) is 4.15. The summed E-state index contributed by atoms with van der Waals surface area (Å²) in [5, 5.41) is 3.64. The lowest BCUT2D eigenvalue weighted by molar-refractivity contribution is 0.543. The van der Waals surface area contributed by atoms with Crippen LogP contribution in [0.15, 0.2) is 17.0 Å². The van der Waals surface area contributed by atoms with E-state index in [-0.39, 0.29) is 10.9 Å². The molecule has 0 heterocycles. The fourth-order valence-electron chi connectivity index (χ4n) is 2.25. The van der Waals surface area contributed by atoms with E-state index >= 15 is 0 Å². The second kappa shape index (κ2) is 8.13. The smallest absolute Gasteiger partial charge is 0.241 e. The van der Waals surface area contributed by atoms with Crippen LogP contribution in [-0.4, -0.2) is 21.0 Å². The molecular formula is C15H25ClN2O2S. The number of benzene rings is 1. The molecule has 0 aliphatic heterocycles. The van der Waals surface area contributed by atoms with Gasteiger partial charge >= 0.3 is 0 Å². The molecule has 21 heavy (non-hydrogen) atoms. The zero-order valence-electron chi connectivity index (χ0n) is 13.2. The van der Waals surface area contributed by atoms with Gasteiger partial charge in [-0.2, -0.15) is 0 Å². The van der Waals surface area contributed by atoms with E-state index in [4.69, 9.17) is 11.6 Å². The molecule has 0 aliphatic rings. The zero-order valence-corrected chi connectivity index (χ0v) is 14.7. The minimum Gasteiger partial charge on any atom is -0.313 e. The summed E-state index contributed by atoms with van der Waals surface area (Å²) >= 11 is 6.08. The molecule has 0 fully saturated rings. The maximum Gasteiger partial charge on any atom is 0.241 e. The van der Waals surface area contributed by atoms with Gasteiger partial charge < -0.3 is 5.32 Å². The fraction of sp³-hybridized carbons (Fsp3) is 0.600. The number of nitrogens with one attached hydrogen (secondary N) is 2. The van der Waals surface area contributed by atoms with Crippen molar-refractivity contribution in [1.29, 1.82) is 0 Å². The van der Waals surface area contributed by atoms with E-state index in [1.165, 1.54) is 6.07 Å². The third kappa shape index (κ3) is 5.25. The molecule has 2 N–H and O–H groups in total. The standard InChI is InChI=1S/C15H25ClN2O2S/c1-5-7-11(3)18-21(19,20)15-9-14(16)8-13(12(15)4)10-17-6-2/h8-9,11,17-18H,5-7,10H2,1-4H3. The minimum absolute atomic E-state index is 0.0874. The average molecular weight is 333 g/mol. The number of hydrogen-bond acceptors (Lipinski definition) is 3. The molecule has 0 aliphatic carbocycles. The summed E-state index contributed by atoms with van der Waals surface area (Å²) in [5.41, 5.74) is 1.66.